The van der Waals surface area contributed by atoms with Crippen molar-refractivity contribution in [2.24, 2.45) is 0 Å². The van der Waals surface area contributed by atoms with Crippen molar-refractivity contribution >= 4 is 39.3 Å². The Morgan fingerprint density at radius 1 is 0.939 bits per heavy atom. The lowest BCUT2D eigenvalue weighted by molar-refractivity contribution is 0.225. The van der Waals surface area contributed by atoms with Gasteiger partial charge in [0.15, 0.2) is 11.9 Å². The van der Waals surface area contributed by atoms with Crippen LogP contribution in [0.5, 0.6) is 5.88 Å². The van der Waals surface area contributed by atoms with Crippen LogP contribution in [0.15, 0.2) is 71.9 Å². The molecular weight excluding hydrogens is 430 g/mol. The van der Waals surface area contributed by atoms with Crippen LogP contribution < -0.4 is 10.1 Å². The lowest BCUT2D eigenvalue weighted by Gasteiger charge is -2.19. The number of hydrogen-bond acceptors (Lipinski definition) is 6. The molecule has 1 atom stereocenters. The van der Waals surface area contributed by atoms with Crippen molar-refractivity contribution in [3.05, 3.63) is 72.3 Å². The number of anilines is 1. The lowest BCUT2D eigenvalue weighted by atomic mass is 10.1. The molecule has 0 unspecified atom stereocenters. The van der Waals surface area contributed by atoms with Crippen LogP contribution >= 0.6 is 11.8 Å². The van der Waals surface area contributed by atoms with Gasteiger partial charge in [-0.3, -0.25) is 0 Å². The molecular formula is C26H23N5OS. The number of thioether (sulfide) groups is 1. The van der Waals surface area contributed by atoms with E-state index < -0.39 is 6.23 Å². The van der Waals surface area contributed by atoms with Crippen molar-refractivity contribution in [2.75, 3.05) is 11.1 Å². The van der Waals surface area contributed by atoms with E-state index in [9.17, 15) is 0 Å². The molecule has 3 heterocycles. The summed E-state index contributed by atoms with van der Waals surface area (Å²) in [7, 11) is 0. The maximum absolute atomic E-state index is 6.46. The molecule has 6 nitrogen and oxygen atoms in total. The van der Waals surface area contributed by atoms with Gasteiger partial charge in [-0.1, -0.05) is 61.2 Å². The number of nitrogens with zero attached hydrogens (tertiary/aromatic N) is 4. The normalized spacial score (nSPS) is 14.9. The molecule has 7 heteroatoms. The number of aryl methyl sites for hydroxylation is 1. The third kappa shape index (κ3) is 3.31. The summed E-state index contributed by atoms with van der Waals surface area (Å²) in [5, 5.41) is 15.4. The van der Waals surface area contributed by atoms with Gasteiger partial charge in [0.1, 0.15) is 0 Å². The summed E-state index contributed by atoms with van der Waals surface area (Å²) >= 11 is 1.55. The van der Waals surface area contributed by atoms with E-state index in [1.165, 1.54) is 21.8 Å². The topological polar surface area (TPSA) is 64.9 Å². The summed E-state index contributed by atoms with van der Waals surface area (Å²) in [6.45, 7) is 5.17. The molecule has 0 saturated carbocycles. The largest absolute Gasteiger partial charge is 0.448 e. The van der Waals surface area contributed by atoms with Crippen LogP contribution in [-0.2, 0) is 6.54 Å². The van der Waals surface area contributed by atoms with Gasteiger partial charge in [-0.05, 0) is 36.9 Å². The number of benzene rings is 3. The van der Waals surface area contributed by atoms with E-state index >= 15 is 0 Å². The molecule has 5 aromatic rings. The molecule has 0 saturated heterocycles. The summed E-state index contributed by atoms with van der Waals surface area (Å²) in [6, 6.07) is 23.2. The summed E-state index contributed by atoms with van der Waals surface area (Å²) < 4.78 is 8.81. The minimum Gasteiger partial charge on any atom is -0.448 e. The predicted octanol–water partition coefficient (Wildman–Crippen LogP) is 6.28. The van der Waals surface area contributed by atoms with E-state index in [-0.39, 0.29) is 0 Å². The molecule has 164 valence electrons. The molecule has 1 aliphatic heterocycles. The molecule has 1 N–H and O–H groups in total. The monoisotopic (exact) mass is 453 g/mol. The predicted molar refractivity (Wildman–Crippen MR) is 134 cm³/mol. The van der Waals surface area contributed by atoms with Crippen molar-refractivity contribution in [2.45, 2.75) is 31.8 Å². The number of nitrogens with one attached hydrogen (secondary N) is 1. The maximum atomic E-state index is 6.46. The van der Waals surface area contributed by atoms with Gasteiger partial charge in [-0.25, -0.2) is 0 Å². The highest BCUT2D eigenvalue weighted by Gasteiger charge is 2.26. The van der Waals surface area contributed by atoms with Gasteiger partial charge in [0, 0.05) is 45.2 Å². The molecule has 0 aliphatic carbocycles. The Morgan fingerprint density at radius 2 is 1.76 bits per heavy atom. The fourth-order valence-corrected chi connectivity index (χ4v) is 5.07. The first kappa shape index (κ1) is 20.1. The summed E-state index contributed by atoms with van der Waals surface area (Å²) in [5.41, 5.74) is 6.05. The highest BCUT2D eigenvalue weighted by molar-refractivity contribution is 7.99. The van der Waals surface area contributed by atoms with Gasteiger partial charge in [0.25, 0.3) is 0 Å². The number of para-hydroxylation sites is 2. The number of rotatable bonds is 4. The Labute approximate surface area is 196 Å². The van der Waals surface area contributed by atoms with Gasteiger partial charge in [0.05, 0.1) is 0 Å². The Kier molecular flexibility index (Phi) is 4.91. The Bertz CT molecular complexity index is 1500. The molecule has 0 fully saturated rings. The van der Waals surface area contributed by atoms with E-state index in [1.807, 2.05) is 24.3 Å². The third-order valence-corrected chi connectivity index (χ3v) is 6.74. The van der Waals surface area contributed by atoms with Crippen LogP contribution in [0.3, 0.4) is 0 Å². The first-order chi connectivity index (χ1) is 16.3. The summed E-state index contributed by atoms with van der Waals surface area (Å²) in [6.07, 6.45) is -0.406. The van der Waals surface area contributed by atoms with Crippen LogP contribution in [0.2, 0.25) is 0 Å². The quantitative estimate of drug-likeness (QED) is 0.323. The van der Waals surface area contributed by atoms with Crippen LogP contribution in [0, 0.1) is 0 Å². The molecule has 0 amide bonds. The van der Waals surface area contributed by atoms with E-state index in [2.05, 4.69) is 76.4 Å². The van der Waals surface area contributed by atoms with Crippen LogP contribution in [0.25, 0.3) is 33.1 Å². The van der Waals surface area contributed by atoms with Crippen LogP contribution in [-0.4, -0.2) is 25.5 Å². The smallest absolute Gasteiger partial charge is 0.247 e. The molecule has 6 rings (SSSR count). The number of hydrogen-bond donors (Lipinski definition) is 1. The zero-order chi connectivity index (χ0) is 22.4. The number of fused-ring (bicyclic) bond motifs is 6. The van der Waals surface area contributed by atoms with Crippen molar-refractivity contribution < 1.29 is 4.74 Å². The Hall–Kier alpha value is -3.58. The van der Waals surface area contributed by atoms with Gasteiger partial charge >= 0.3 is 0 Å². The first-order valence-electron chi connectivity index (χ1n) is 11.2. The molecule has 0 radical (unpaired) electrons. The Morgan fingerprint density at radius 3 is 2.64 bits per heavy atom. The molecule has 2 aromatic heterocycles. The number of aromatic nitrogens is 4. The van der Waals surface area contributed by atoms with Crippen LogP contribution in [0.4, 0.5) is 5.69 Å². The second-order valence-electron chi connectivity index (χ2n) is 7.91. The second kappa shape index (κ2) is 8.08. The average molecular weight is 454 g/mol. The number of ether oxygens (including phenoxy) is 1. The lowest BCUT2D eigenvalue weighted by Crippen LogP contribution is -2.17. The fraction of sp³-hybridized carbons (Fsp3) is 0.192. The molecule has 1 aliphatic rings. The SMILES string of the molecule is CCSc1nnc2c(n1)O[C@@H](c1ccc3c(c1)c1ccccc1n3CC)Nc1ccccc1-2. The molecule has 0 spiro atoms. The van der Waals surface area contributed by atoms with Crippen molar-refractivity contribution in [3.8, 4) is 17.1 Å². The Balaban J connectivity index is 1.51. The first-order valence-corrected chi connectivity index (χ1v) is 12.2. The van der Waals surface area contributed by atoms with E-state index in [1.54, 1.807) is 11.8 Å². The minimum atomic E-state index is -0.406. The zero-order valence-electron chi connectivity index (χ0n) is 18.4. The third-order valence-electron chi connectivity index (χ3n) is 6.02. The second-order valence-corrected chi connectivity index (χ2v) is 9.14. The maximum Gasteiger partial charge on any atom is 0.247 e. The van der Waals surface area contributed by atoms with Crippen molar-refractivity contribution in [1.29, 1.82) is 0 Å². The highest BCUT2D eigenvalue weighted by Crippen LogP contribution is 2.40. The summed E-state index contributed by atoms with van der Waals surface area (Å²) in [4.78, 5) is 4.69. The van der Waals surface area contributed by atoms with E-state index in [0.29, 0.717) is 16.7 Å². The van der Waals surface area contributed by atoms with E-state index in [4.69, 9.17) is 9.72 Å². The van der Waals surface area contributed by atoms with Gasteiger partial charge in [0.2, 0.25) is 11.0 Å². The average Bonchev–Trinajstić information content (AvgIpc) is 3.07. The van der Waals surface area contributed by atoms with Gasteiger partial charge in [-0.15, -0.1) is 10.2 Å². The standard InChI is InChI=1S/C26H23N5OS/c1-3-31-21-12-8-6-9-17(21)19-15-16(13-14-22(19)31)24-27-20-11-7-5-10-18(20)23-25(32-24)28-26(30-29-23)33-4-2/h5-15,24,27H,3-4H2,1-2H3/t24-/m0/s1. The van der Waals surface area contributed by atoms with E-state index in [0.717, 1.165) is 29.1 Å². The van der Waals surface area contributed by atoms with Crippen molar-refractivity contribution in [3.63, 3.8) is 0 Å². The van der Waals surface area contributed by atoms with Gasteiger partial charge < -0.3 is 14.6 Å². The van der Waals surface area contributed by atoms with Gasteiger partial charge in [-0.2, -0.15) is 4.98 Å². The zero-order valence-corrected chi connectivity index (χ0v) is 19.3. The highest BCUT2D eigenvalue weighted by atomic mass is 32.2. The minimum absolute atomic E-state index is 0.406. The summed E-state index contributed by atoms with van der Waals surface area (Å²) in [5.74, 6) is 1.37. The molecule has 0 bridgehead atoms. The van der Waals surface area contributed by atoms with Crippen molar-refractivity contribution in [1.82, 2.24) is 19.7 Å². The molecule has 33 heavy (non-hydrogen) atoms. The molecule has 3 aromatic carbocycles. The fourth-order valence-electron chi connectivity index (χ4n) is 4.56. The van der Waals surface area contributed by atoms with Crippen LogP contribution in [0.1, 0.15) is 25.6 Å².